The number of aromatic nitrogens is 4. The zero-order chi connectivity index (χ0) is 25.8. The van der Waals surface area contributed by atoms with Gasteiger partial charge in [-0.05, 0) is 99.3 Å². The van der Waals surface area contributed by atoms with Gasteiger partial charge in [0.25, 0.3) is 5.91 Å². The van der Waals surface area contributed by atoms with E-state index in [-0.39, 0.29) is 17.5 Å². The predicted octanol–water partition coefficient (Wildman–Crippen LogP) is 5.26. The Morgan fingerprint density at radius 2 is 1.84 bits per heavy atom. The standard InChI is InChI=1S/C30H33FN6O/c1-19-13-27(31)26(30(38)34-23-6-7-23)14-25(19)22-15-33-37(18-22)29-16-32-28-8-5-21(17-36(28)29)20-9-11-35(12-10-20)24-3-2-4-24/h5,8,13-18,20,23-24H,2-4,6-7,9-12H2,1H3,(H,34,38). The smallest absolute Gasteiger partial charge is 0.254 e. The second kappa shape index (κ2) is 9.34. The molecule has 2 saturated carbocycles. The molecule has 7 nitrogen and oxygen atoms in total. The highest BCUT2D eigenvalue weighted by Crippen LogP contribution is 2.34. The molecule has 1 aromatic carbocycles. The number of aryl methyl sites for hydroxylation is 1. The van der Waals surface area contributed by atoms with Crippen molar-refractivity contribution >= 4 is 11.6 Å². The van der Waals surface area contributed by atoms with Crippen LogP contribution in [0.1, 0.15) is 72.3 Å². The molecule has 8 heteroatoms. The van der Waals surface area contributed by atoms with Crippen LogP contribution in [0, 0.1) is 12.7 Å². The van der Waals surface area contributed by atoms with Crippen LogP contribution >= 0.6 is 0 Å². The zero-order valence-corrected chi connectivity index (χ0v) is 21.7. The molecule has 3 aromatic heterocycles. The van der Waals surface area contributed by atoms with Gasteiger partial charge in [-0.2, -0.15) is 5.10 Å². The molecule has 1 aliphatic heterocycles. The van der Waals surface area contributed by atoms with E-state index in [9.17, 15) is 9.18 Å². The van der Waals surface area contributed by atoms with Crippen LogP contribution in [0.15, 0.2) is 49.1 Å². The molecule has 3 fully saturated rings. The topological polar surface area (TPSA) is 67.5 Å². The largest absolute Gasteiger partial charge is 0.349 e. The number of piperidine rings is 1. The van der Waals surface area contributed by atoms with Crippen molar-refractivity contribution < 1.29 is 9.18 Å². The van der Waals surface area contributed by atoms with E-state index in [1.807, 2.05) is 24.0 Å². The van der Waals surface area contributed by atoms with Gasteiger partial charge in [0.05, 0.1) is 18.0 Å². The number of benzene rings is 1. The molecule has 3 aliphatic rings. The molecule has 38 heavy (non-hydrogen) atoms. The van der Waals surface area contributed by atoms with E-state index in [2.05, 4.69) is 43.0 Å². The Balaban J connectivity index is 1.15. The third-order valence-corrected chi connectivity index (χ3v) is 8.70. The van der Waals surface area contributed by atoms with Gasteiger partial charge in [0.2, 0.25) is 0 Å². The van der Waals surface area contributed by atoms with E-state index in [0.29, 0.717) is 5.92 Å². The number of fused-ring (bicyclic) bond motifs is 1. The minimum atomic E-state index is -0.496. The molecule has 1 amide bonds. The quantitative estimate of drug-likeness (QED) is 0.383. The molecule has 4 heterocycles. The Kier molecular flexibility index (Phi) is 5.80. The van der Waals surface area contributed by atoms with Crippen molar-refractivity contribution in [2.45, 2.75) is 69.9 Å². The number of imidazole rings is 1. The first-order valence-corrected chi connectivity index (χ1v) is 13.9. The van der Waals surface area contributed by atoms with E-state index in [0.717, 1.165) is 47.0 Å². The van der Waals surface area contributed by atoms with E-state index in [4.69, 9.17) is 0 Å². The van der Waals surface area contributed by atoms with Gasteiger partial charge in [-0.15, -0.1) is 0 Å². The maximum atomic E-state index is 14.6. The summed E-state index contributed by atoms with van der Waals surface area (Å²) >= 11 is 0. The lowest BCUT2D eigenvalue weighted by Gasteiger charge is -2.41. The number of carbonyl (C=O) groups is 1. The fourth-order valence-corrected chi connectivity index (χ4v) is 5.98. The Labute approximate surface area is 221 Å². The van der Waals surface area contributed by atoms with Crippen LogP contribution in [0.25, 0.3) is 22.6 Å². The van der Waals surface area contributed by atoms with Gasteiger partial charge in [0, 0.05) is 30.0 Å². The Hall–Kier alpha value is -3.52. The van der Waals surface area contributed by atoms with Crippen molar-refractivity contribution in [3.63, 3.8) is 0 Å². The normalized spacial score (nSPS) is 19.1. The first kappa shape index (κ1) is 23.6. The molecule has 196 valence electrons. The van der Waals surface area contributed by atoms with Gasteiger partial charge >= 0.3 is 0 Å². The first-order valence-electron chi connectivity index (χ1n) is 13.9. The van der Waals surface area contributed by atoms with E-state index < -0.39 is 5.82 Å². The van der Waals surface area contributed by atoms with Crippen LogP contribution in [-0.2, 0) is 0 Å². The van der Waals surface area contributed by atoms with Crippen LogP contribution in [0.5, 0.6) is 0 Å². The molecule has 0 unspecified atom stereocenters. The first-order chi connectivity index (χ1) is 18.5. The maximum absolute atomic E-state index is 14.6. The molecule has 1 saturated heterocycles. The van der Waals surface area contributed by atoms with Crippen molar-refractivity contribution in [1.29, 1.82) is 0 Å². The molecule has 0 radical (unpaired) electrons. The van der Waals surface area contributed by atoms with Crippen molar-refractivity contribution in [3.05, 3.63) is 71.6 Å². The Morgan fingerprint density at radius 3 is 2.58 bits per heavy atom. The van der Waals surface area contributed by atoms with Crippen LogP contribution in [0.3, 0.4) is 0 Å². The molecule has 7 rings (SSSR count). The van der Waals surface area contributed by atoms with Crippen molar-refractivity contribution in [3.8, 4) is 16.9 Å². The Bertz CT molecular complexity index is 1510. The van der Waals surface area contributed by atoms with E-state index in [1.165, 1.54) is 56.8 Å². The van der Waals surface area contributed by atoms with Crippen molar-refractivity contribution in [2.75, 3.05) is 13.1 Å². The number of nitrogens with one attached hydrogen (secondary N) is 1. The number of amides is 1. The molecule has 1 N–H and O–H groups in total. The highest BCUT2D eigenvalue weighted by atomic mass is 19.1. The summed E-state index contributed by atoms with van der Waals surface area (Å²) in [5, 5.41) is 7.51. The zero-order valence-electron chi connectivity index (χ0n) is 21.7. The van der Waals surface area contributed by atoms with Crippen LogP contribution < -0.4 is 5.32 Å². The lowest BCUT2D eigenvalue weighted by atomic mass is 9.86. The fourth-order valence-electron chi connectivity index (χ4n) is 5.98. The monoisotopic (exact) mass is 512 g/mol. The number of pyridine rings is 1. The molecule has 4 aromatic rings. The summed E-state index contributed by atoms with van der Waals surface area (Å²) in [6.45, 7) is 4.23. The average Bonchev–Trinajstić information content (AvgIpc) is 3.39. The maximum Gasteiger partial charge on any atom is 0.254 e. The molecule has 0 spiro atoms. The number of nitrogens with zero attached hydrogens (tertiary/aromatic N) is 5. The predicted molar refractivity (Wildman–Crippen MR) is 144 cm³/mol. The second-order valence-corrected chi connectivity index (χ2v) is 11.3. The van der Waals surface area contributed by atoms with Gasteiger partial charge < -0.3 is 10.2 Å². The van der Waals surface area contributed by atoms with Crippen LogP contribution in [0.4, 0.5) is 4.39 Å². The number of carbonyl (C=O) groups excluding carboxylic acids is 1. The van der Waals surface area contributed by atoms with Gasteiger partial charge in [-0.1, -0.05) is 12.5 Å². The second-order valence-electron chi connectivity index (χ2n) is 11.3. The fraction of sp³-hybridized carbons (Fsp3) is 0.433. The number of likely N-dealkylation sites (tertiary alicyclic amines) is 1. The van der Waals surface area contributed by atoms with Crippen molar-refractivity contribution in [2.24, 2.45) is 0 Å². The SMILES string of the molecule is Cc1cc(F)c(C(=O)NC2CC2)cc1-c1cnn(-c2cnc3ccc(C4CCN(C5CCC5)CC4)cn23)c1. The van der Waals surface area contributed by atoms with Gasteiger partial charge in [0.1, 0.15) is 11.5 Å². The van der Waals surface area contributed by atoms with Crippen molar-refractivity contribution in [1.82, 2.24) is 29.4 Å². The summed E-state index contributed by atoms with van der Waals surface area (Å²) in [5.41, 5.74) is 4.69. The minimum Gasteiger partial charge on any atom is -0.349 e. The van der Waals surface area contributed by atoms with Gasteiger partial charge in [-0.25, -0.2) is 14.1 Å². The molecular formula is C30H33FN6O. The summed E-state index contributed by atoms with van der Waals surface area (Å²) in [6.07, 6.45) is 16.2. The third-order valence-electron chi connectivity index (χ3n) is 8.70. The summed E-state index contributed by atoms with van der Waals surface area (Å²) in [4.78, 5) is 19.9. The van der Waals surface area contributed by atoms with E-state index in [1.54, 1.807) is 12.3 Å². The molecule has 0 atom stereocenters. The lowest BCUT2D eigenvalue weighted by molar-refractivity contribution is 0.0947. The Morgan fingerprint density at radius 1 is 1.03 bits per heavy atom. The number of hydrogen-bond donors (Lipinski definition) is 1. The minimum absolute atomic E-state index is 0.0769. The average molecular weight is 513 g/mol. The summed E-state index contributed by atoms with van der Waals surface area (Å²) < 4.78 is 18.6. The number of hydrogen-bond acceptors (Lipinski definition) is 4. The summed E-state index contributed by atoms with van der Waals surface area (Å²) in [7, 11) is 0. The van der Waals surface area contributed by atoms with Gasteiger partial charge in [0.15, 0.2) is 5.82 Å². The molecular weight excluding hydrogens is 479 g/mol. The highest BCUT2D eigenvalue weighted by molar-refractivity contribution is 5.96. The number of rotatable bonds is 6. The molecule has 2 aliphatic carbocycles. The van der Waals surface area contributed by atoms with Gasteiger partial charge in [-0.3, -0.25) is 9.20 Å². The van der Waals surface area contributed by atoms with Crippen LogP contribution in [0.2, 0.25) is 0 Å². The van der Waals surface area contributed by atoms with E-state index >= 15 is 0 Å². The summed E-state index contributed by atoms with van der Waals surface area (Å²) in [6, 6.07) is 8.39. The third kappa shape index (κ3) is 4.30. The lowest BCUT2D eigenvalue weighted by Crippen LogP contribution is -2.44. The van der Waals surface area contributed by atoms with Crippen LogP contribution in [-0.4, -0.2) is 55.1 Å². The molecule has 0 bridgehead atoms. The highest BCUT2D eigenvalue weighted by Gasteiger charge is 2.29. The summed E-state index contributed by atoms with van der Waals surface area (Å²) in [5.74, 6) is 0.559. The number of halogens is 1.